The highest BCUT2D eigenvalue weighted by Crippen LogP contribution is 2.25. The third kappa shape index (κ3) is 6.93. The lowest BCUT2D eigenvalue weighted by molar-refractivity contribution is 0.431. The Balaban J connectivity index is 2.40. The Morgan fingerprint density at radius 1 is 0.955 bits per heavy atom. The van der Waals surface area contributed by atoms with Gasteiger partial charge in [-0.15, -0.1) is 0 Å². The summed E-state index contributed by atoms with van der Waals surface area (Å²) in [6, 6.07) is 6.57. The second-order valence-corrected chi connectivity index (χ2v) is 7.90. The summed E-state index contributed by atoms with van der Waals surface area (Å²) < 4.78 is 31.1. The maximum atomic E-state index is 11.0. The van der Waals surface area contributed by atoms with Crippen LogP contribution in [0, 0.1) is 5.92 Å². The zero-order chi connectivity index (χ0) is 16.6. The molecule has 2 atom stereocenters. The lowest BCUT2D eigenvalue weighted by atomic mass is 9.90. The van der Waals surface area contributed by atoms with Crippen LogP contribution in [0.5, 0.6) is 0 Å². The molecule has 3 nitrogen and oxygen atoms in total. The highest BCUT2D eigenvalue weighted by molar-refractivity contribution is 7.85. The highest BCUT2D eigenvalue weighted by Gasteiger charge is 2.12. The summed E-state index contributed by atoms with van der Waals surface area (Å²) in [5.74, 6) is 1.16. The quantitative estimate of drug-likeness (QED) is 0.461. The Labute approximate surface area is 135 Å². The van der Waals surface area contributed by atoms with E-state index >= 15 is 0 Å². The molecule has 0 aliphatic heterocycles. The van der Waals surface area contributed by atoms with Gasteiger partial charge in [0.05, 0.1) is 4.90 Å². The number of hydrogen-bond acceptors (Lipinski definition) is 2. The topological polar surface area (TPSA) is 54.4 Å². The Kier molecular flexibility index (Phi) is 8.12. The molecule has 1 aromatic carbocycles. The van der Waals surface area contributed by atoms with Crippen LogP contribution in [0.15, 0.2) is 29.2 Å². The van der Waals surface area contributed by atoms with E-state index in [1.165, 1.54) is 50.7 Å². The van der Waals surface area contributed by atoms with Gasteiger partial charge in [-0.25, -0.2) is 0 Å². The van der Waals surface area contributed by atoms with Crippen LogP contribution in [-0.2, 0) is 10.1 Å². The lowest BCUT2D eigenvalue weighted by Gasteiger charge is -2.16. The molecule has 1 aromatic rings. The first kappa shape index (κ1) is 19.2. The predicted octanol–water partition coefficient (Wildman–Crippen LogP) is 5.42. The molecule has 126 valence electrons. The van der Waals surface area contributed by atoms with Gasteiger partial charge in [-0.3, -0.25) is 4.55 Å². The van der Waals surface area contributed by atoms with E-state index in [9.17, 15) is 8.42 Å². The average Bonchev–Trinajstić information content (AvgIpc) is 2.48. The first-order chi connectivity index (χ1) is 10.3. The molecule has 4 heteroatoms. The zero-order valence-electron chi connectivity index (χ0n) is 14.1. The third-order valence-electron chi connectivity index (χ3n) is 4.39. The molecule has 22 heavy (non-hydrogen) atoms. The van der Waals surface area contributed by atoms with Crippen LogP contribution >= 0.6 is 0 Å². The third-order valence-corrected chi connectivity index (χ3v) is 5.26. The SMILES string of the molecule is CCCCCCC(C)CCC(C)c1ccc(S(=O)(=O)O)cc1. The average molecular weight is 327 g/mol. The van der Waals surface area contributed by atoms with Crippen LogP contribution in [0.4, 0.5) is 0 Å². The Morgan fingerprint density at radius 3 is 2.14 bits per heavy atom. The smallest absolute Gasteiger partial charge is 0.282 e. The number of benzene rings is 1. The predicted molar refractivity (Wildman–Crippen MR) is 91.8 cm³/mol. The van der Waals surface area contributed by atoms with Gasteiger partial charge in [0.2, 0.25) is 0 Å². The van der Waals surface area contributed by atoms with E-state index in [1.54, 1.807) is 12.1 Å². The lowest BCUT2D eigenvalue weighted by Crippen LogP contribution is -2.02. The van der Waals surface area contributed by atoms with E-state index in [2.05, 4.69) is 20.8 Å². The van der Waals surface area contributed by atoms with Crippen molar-refractivity contribution in [3.05, 3.63) is 29.8 Å². The van der Waals surface area contributed by atoms with Crippen molar-refractivity contribution in [1.82, 2.24) is 0 Å². The minimum Gasteiger partial charge on any atom is -0.282 e. The summed E-state index contributed by atoms with van der Waals surface area (Å²) in [7, 11) is -4.09. The Morgan fingerprint density at radius 2 is 1.59 bits per heavy atom. The minimum absolute atomic E-state index is 0.0345. The maximum absolute atomic E-state index is 11.0. The number of unbranched alkanes of at least 4 members (excludes halogenated alkanes) is 3. The molecule has 0 saturated carbocycles. The maximum Gasteiger partial charge on any atom is 0.294 e. The summed E-state index contributed by atoms with van der Waals surface area (Å²) in [5.41, 5.74) is 1.13. The Bertz CT molecular complexity index is 520. The van der Waals surface area contributed by atoms with Gasteiger partial charge >= 0.3 is 0 Å². The van der Waals surface area contributed by atoms with Crippen LogP contribution in [0.1, 0.15) is 77.2 Å². The van der Waals surface area contributed by atoms with Crippen molar-refractivity contribution in [3.63, 3.8) is 0 Å². The second kappa shape index (κ2) is 9.31. The summed E-state index contributed by atoms with van der Waals surface area (Å²) >= 11 is 0. The fraction of sp³-hybridized carbons (Fsp3) is 0.667. The van der Waals surface area contributed by atoms with Gasteiger partial charge in [0.1, 0.15) is 0 Å². The summed E-state index contributed by atoms with van der Waals surface area (Å²) in [4.78, 5) is -0.0345. The first-order valence-electron chi connectivity index (χ1n) is 8.42. The molecule has 0 aliphatic rings. The molecule has 0 amide bonds. The monoisotopic (exact) mass is 326 g/mol. The standard InChI is InChI=1S/C18H30O3S/c1-4-5-6-7-8-15(2)9-10-16(3)17-11-13-18(14-12-17)22(19,20)21/h11-16H,4-10H2,1-3H3,(H,19,20,21). The van der Waals surface area contributed by atoms with Crippen LogP contribution in [-0.4, -0.2) is 13.0 Å². The van der Waals surface area contributed by atoms with Crippen molar-refractivity contribution in [1.29, 1.82) is 0 Å². The summed E-state index contributed by atoms with van der Waals surface area (Å²) in [6.45, 7) is 6.73. The molecular formula is C18H30O3S. The van der Waals surface area contributed by atoms with E-state index in [0.717, 1.165) is 17.9 Å². The Hall–Kier alpha value is -0.870. The number of hydrogen-bond donors (Lipinski definition) is 1. The molecular weight excluding hydrogens is 296 g/mol. The van der Waals surface area contributed by atoms with Gasteiger partial charge < -0.3 is 0 Å². The summed E-state index contributed by atoms with van der Waals surface area (Å²) in [6.07, 6.45) is 8.90. The van der Waals surface area contributed by atoms with Crippen LogP contribution < -0.4 is 0 Å². The number of rotatable bonds is 10. The van der Waals surface area contributed by atoms with Crippen molar-refractivity contribution in [2.75, 3.05) is 0 Å². The fourth-order valence-corrected chi connectivity index (χ4v) is 3.21. The molecule has 0 fully saturated rings. The van der Waals surface area contributed by atoms with Crippen molar-refractivity contribution in [2.45, 2.75) is 76.5 Å². The normalized spacial score (nSPS) is 14.7. The van der Waals surface area contributed by atoms with Gasteiger partial charge in [0.25, 0.3) is 10.1 Å². The highest BCUT2D eigenvalue weighted by atomic mass is 32.2. The molecule has 0 radical (unpaired) electrons. The summed E-state index contributed by atoms with van der Waals surface area (Å²) in [5, 5.41) is 0. The fourth-order valence-electron chi connectivity index (χ4n) is 2.73. The molecule has 0 aromatic heterocycles. The molecule has 0 saturated heterocycles. The van der Waals surface area contributed by atoms with Gasteiger partial charge in [-0.2, -0.15) is 8.42 Å². The molecule has 1 N–H and O–H groups in total. The minimum atomic E-state index is -4.09. The van der Waals surface area contributed by atoms with Crippen molar-refractivity contribution in [3.8, 4) is 0 Å². The van der Waals surface area contributed by atoms with E-state index in [-0.39, 0.29) is 4.90 Å². The van der Waals surface area contributed by atoms with E-state index in [1.807, 2.05) is 0 Å². The van der Waals surface area contributed by atoms with Crippen molar-refractivity contribution in [2.24, 2.45) is 5.92 Å². The van der Waals surface area contributed by atoms with Gasteiger partial charge in [0, 0.05) is 0 Å². The zero-order valence-corrected chi connectivity index (χ0v) is 14.9. The first-order valence-corrected chi connectivity index (χ1v) is 9.86. The molecule has 0 bridgehead atoms. The van der Waals surface area contributed by atoms with Crippen molar-refractivity contribution >= 4 is 10.1 Å². The molecule has 0 aliphatic carbocycles. The van der Waals surface area contributed by atoms with Gasteiger partial charge in [0.15, 0.2) is 0 Å². The van der Waals surface area contributed by atoms with Gasteiger partial charge in [-0.1, -0.05) is 71.4 Å². The second-order valence-electron chi connectivity index (χ2n) is 6.48. The molecule has 1 rings (SSSR count). The molecule has 0 spiro atoms. The van der Waals surface area contributed by atoms with E-state index < -0.39 is 10.1 Å². The largest absolute Gasteiger partial charge is 0.294 e. The van der Waals surface area contributed by atoms with Crippen LogP contribution in [0.25, 0.3) is 0 Å². The molecule has 0 heterocycles. The van der Waals surface area contributed by atoms with Crippen LogP contribution in [0.2, 0.25) is 0 Å². The van der Waals surface area contributed by atoms with E-state index in [0.29, 0.717) is 5.92 Å². The van der Waals surface area contributed by atoms with E-state index in [4.69, 9.17) is 4.55 Å². The van der Waals surface area contributed by atoms with Gasteiger partial charge in [-0.05, 0) is 36.0 Å². The molecule has 2 unspecified atom stereocenters. The van der Waals surface area contributed by atoms with Crippen LogP contribution in [0.3, 0.4) is 0 Å². The van der Waals surface area contributed by atoms with Crippen molar-refractivity contribution < 1.29 is 13.0 Å².